The third-order valence-electron chi connectivity index (χ3n) is 4.45. The van der Waals surface area contributed by atoms with Crippen LogP contribution < -0.4 is 5.32 Å². The number of fused-ring (bicyclic) bond motifs is 1. The Balaban J connectivity index is 1.45. The number of carbonyl (C=O) groups excluding carboxylic acids is 1. The lowest BCUT2D eigenvalue weighted by molar-refractivity contribution is 0.0939. The topological polar surface area (TPSA) is 72.7 Å². The molecular formula is C21H19N5O. The fourth-order valence-electron chi connectivity index (χ4n) is 2.95. The summed E-state index contributed by atoms with van der Waals surface area (Å²) in [4.78, 5) is 16.7. The number of nitrogens with one attached hydrogen (secondary N) is 1. The van der Waals surface area contributed by atoms with Gasteiger partial charge in [-0.1, -0.05) is 35.5 Å². The van der Waals surface area contributed by atoms with E-state index < -0.39 is 0 Å². The average molecular weight is 357 g/mol. The highest BCUT2D eigenvalue weighted by molar-refractivity contribution is 5.94. The van der Waals surface area contributed by atoms with E-state index in [2.05, 4.69) is 20.6 Å². The number of hydrogen-bond donors (Lipinski definition) is 1. The second kappa shape index (κ2) is 7.37. The molecule has 0 radical (unpaired) electrons. The van der Waals surface area contributed by atoms with Gasteiger partial charge in [0.05, 0.1) is 23.8 Å². The van der Waals surface area contributed by atoms with E-state index in [0.29, 0.717) is 12.1 Å². The predicted octanol–water partition coefficient (Wildman–Crippen LogP) is 3.37. The second-order valence-corrected chi connectivity index (χ2v) is 6.38. The lowest BCUT2D eigenvalue weighted by Gasteiger charge is -2.13. The standard InChI is InChI=1S/C21H19N5O/c1-15(18-6-4-5-13-22-18)23-21(27)17-11-9-16(10-12-17)14-26-20-8-3-2-7-19(20)24-25-26/h2-13,15H,14H2,1H3,(H,23,27)/t15-/m1/s1. The quantitative estimate of drug-likeness (QED) is 0.594. The molecule has 2 aromatic heterocycles. The van der Waals surface area contributed by atoms with Crippen LogP contribution in [-0.2, 0) is 6.54 Å². The van der Waals surface area contributed by atoms with Gasteiger partial charge < -0.3 is 5.32 Å². The molecule has 1 atom stereocenters. The molecule has 6 nitrogen and oxygen atoms in total. The lowest BCUT2D eigenvalue weighted by atomic mass is 10.1. The number of amides is 1. The van der Waals surface area contributed by atoms with Gasteiger partial charge in [-0.3, -0.25) is 9.78 Å². The molecule has 0 bridgehead atoms. The van der Waals surface area contributed by atoms with Crippen LogP contribution in [0.25, 0.3) is 11.0 Å². The minimum atomic E-state index is -0.153. The van der Waals surface area contributed by atoms with Crippen LogP contribution in [0.4, 0.5) is 0 Å². The molecule has 0 spiro atoms. The summed E-state index contributed by atoms with van der Waals surface area (Å²) in [5, 5.41) is 11.3. The van der Waals surface area contributed by atoms with Crippen LogP contribution in [0.2, 0.25) is 0 Å². The van der Waals surface area contributed by atoms with Gasteiger partial charge in [0, 0.05) is 11.8 Å². The summed E-state index contributed by atoms with van der Waals surface area (Å²) in [7, 11) is 0. The van der Waals surface area contributed by atoms with E-state index in [9.17, 15) is 4.79 Å². The van der Waals surface area contributed by atoms with Crippen molar-refractivity contribution in [3.8, 4) is 0 Å². The average Bonchev–Trinajstić information content (AvgIpc) is 3.12. The van der Waals surface area contributed by atoms with Crippen LogP contribution in [0.5, 0.6) is 0 Å². The number of nitrogens with zero attached hydrogens (tertiary/aromatic N) is 4. The normalized spacial score (nSPS) is 12.0. The highest BCUT2D eigenvalue weighted by Gasteiger charge is 2.12. The molecular weight excluding hydrogens is 338 g/mol. The van der Waals surface area contributed by atoms with E-state index in [-0.39, 0.29) is 11.9 Å². The summed E-state index contributed by atoms with van der Waals surface area (Å²) in [5.74, 6) is -0.120. The molecule has 1 amide bonds. The van der Waals surface area contributed by atoms with Gasteiger partial charge in [-0.05, 0) is 48.9 Å². The van der Waals surface area contributed by atoms with Gasteiger partial charge >= 0.3 is 0 Å². The highest BCUT2D eigenvalue weighted by atomic mass is 16.1. The largest absolute Gasteiger partial charge is 0.344 e. The zero-order valence-electron chi connectivity index (χ0n) is 14.9. The van der Waals surface area contributed by atoms with Crippen LogP contribution in [0.15, 0.2) is 72.9 Å². The summed E-state index contributed by atoms with van der Waals surface area (Å²) in [6, 6.07) is 20.9. The molecule has 0 aliphatic heterocycles. The van der Waals surface area contributed by atoms with E-state index >= 15 is 0 Å². The van der Waals surface area contributed by atoms with Crippen molar-refractivity contribution < 1.29 is 4.79 Å². The smallest absolute Gasteiger partial charge is 0.251 e. The molecule has 1 N–H and O–H groups in total. The minimum Gasteiger partial charge on any atom is -0.344 e. The van der Waals surface area contributed by atoms with Crippen molar-refractivity contribution in [3.05, 3.63) is 89.7 Å². The molecule has 0 fully saturated rings. The van der Waals surface area contributed by atoms with Gasteiger partial charge in [0.15, 0.2) is 0 Å². The molecule has 0 saturated heterocycles. The Hall–Kier alpha value is -3.54. The minimum absolute atomic E-state index is 0.120. The molecule has 0 aliphatic carbocycles. The van der Waals surface area contributed by atoms with E-state index in [4.69, 9.17) is 0 Å². The van der Waals surface area contributed by atoms with Crippen molar-refractivity contribution >= 4 is 16.9 Å². The first-order valence-electron chi connectivity index (χ1n) is 8.80. The van der Waals surface area contributed by atoms with Gasteiger partial charge in [0.25, 0.3) is 5.91 Å². The van der Waals surface area contributed by atoms with E-state index in [1.165, 1.54) is 0 Å². The van der Waals surface area contributed by atoms with Crippen molar-refractivity contribution in [1.82, 2.24) is 25.3 Å². The monoisotopic (exact) mass is 357 g/mol. The molecule has 27 heavy (non-hydrogen) atoms. The third kappa shape index (κ3) is 3.69. The first-order chi connectivity index (χ1) is 13.2. The third-order valence-corrected chi connectivity index (χ3v) is 4.45. The maximum absolute atomic E-state index is 12.5. The second-order valence-electron chi connectivity index (χ2n) is 6.38. The van der Waals surface area contributed by atoms with Gasteiger partial charge in [-0.15, -0.1) is 5.10 Å². The lowest BCUT2D eigenvalue weighted by Crippen LogP contribution is -2.27. The summed E-state index contributed by atoms with van der Waals surface area (Å²) < 4.78 is 1.85. The van der Waals surface area contributed by atoms with Crippen LogP contribution in [0, 0.1) is 0 Å². The fourth-order valence-corrected chi connectivity index (χ4v) is 2.95. The van der Waals surface area contributed by atoms with Crippen LogP contribution in [0.3, 0.4) is 0 Å². The number of aromatic nitrogens is 4. The van der Waals surface area contributed by atoms with Crippen LogP contribution in [0.1, 0.15) is 34.6 Å². The number of benzene rings is 2. The van der Waals surface area contributed by atoms with Crippen molar-refractivity contribution in [2.24, 2.45) is 0 Å². The molecule has 0 saturated carbocycles. The molecule has 134 valence electrons. The van der Waals surface area contributed by atoms with Gasteiger partial charge in [-0.2, -0.15) is 0 Å². The maximum Gasteiger partial charge on any atom is 0.251 e. The summed E-state index contributed by atoms with van der Waals surface area (Å²) >= 11 is 0. The zero-order chi connectivity index (χ0) is 18.6. The SMILES string of the molecule is C[C@@H](NC(=O)c1ccc(Cn2nnc3ccccc32)cc1)c1ccccn1. The van der Waals surface area contributed by atoms with E-state index in [1.807, 2.05) is 78.3 Å². The number of para-hydroxylation sites is 1. The Morgan fingerprint density at radius 3 is 2.59 bits per heavy atom. The number of carbonyl (C=O) groups is 1. The molecule has 2 heterocycles. The summed E-state index contributed by atoms with van der Waals surface area (Å²) in [6.45, 7) is 2.52. The molecule has 0 aliphatic rings. The van der Waals surface area contributed by atoms with Crippen LogP contribution >= 0.6 is 0 Å². The van der Waals surface area contributed by atoms with Crippen molar-refractivity contribution in [2.45, 2.75) is 19.5 Å². The van der Waals surface area contributed by atoms with Crippen molar-refractivity contribution in [2.75, 3.05) is 0 Å². The fraction of sp³-hybridized carbons (Fsp3) is 0.143. The first kappa shape index (κ1) is 16.9. The Morgan fingerprint density at radius 2 is 1.81 bits per heavy atom. The Morgan fingerprint density at radius 1 is 1.04 bits per heavy atom. The number of rotatable bonds is 5. The summed E-state index contributed by atoms with van der Waals surface area (Å²) in [5.41, 5.74) is 4.37. The maximum atomic E-state index is 12.5. The molecule has 0 unspecified atom stereocenters. The Kier molecular flexibility index (Phi) is 4.61. The zero-order valence-corrected chi connectivity index (χ0v) is 14.9. The Bertz CT molecular complexity index is 1060. The Labute approximate surface area is 156 Å². The first-order valence-corrected chi connectivity index (χ1v) is 8.80. The number of pyridine rings is 1. The molecule has 6 heteroatoms. The molecule has 4 aromatic rings. The van der Waals surface area contributed by atoms with Gasteiger partial charge in [0.2, 0.25) is 0 Å². The van der Waals surface area contributed by atoms with Crippen molar-refractivity contribution in [1.29, 1.82) is 0 Å². The number of hydrogen-bond acceptors (Lipinski definition) is 4. The van der Waals surface area contributed by atoms with Gasteiger partial charge in [0.1, 0.15) is 5.52 Å². The molecule has 4 rings (SSSR count). The van der Waals surface area contributed by atoms with Gasteiger partial charge in [-0.25, -0.2) is 4.68 Å². The van der Waals surface area contributed by atoms with Crippen molar-refractivity contribution in [3.63, 3.8) is 0 Å². The van der Waals surface area contributed by atoms with E-state index in [1.54, 1.807) is 6.20 Å². The van der Waals surface area contributed by atoms with E-state index in [0.717, 1.165) is 22.3 Å². The highest BCUT2D eigenvalue weighted by Crippen LogP contribution is 2.14. The predicted molar refractivity (Wildman–Crippen MR) is 103 cm³/mol. The van der Waals surface area contributed by atoms with Crippen LogP contribution in [-0.4, -0.2) is 25.9 Å². The summed E-state index contributed by atoms with van der Waals surface area (Å²) in [6.07, 6.45) is 1.72. The molecule has 2 aromatic carbocycles.